The minimum Gasteiger partial charge on any atom is -0.477 e. The number of amides is 1. The summed E-state index contributed by atoms with van der Waals surface area (Å²) in [5.41, 5.74) is 7.53. The Labute approximate surface area is 239 Å². The van der Waals surface area contributed by atoms with E-state index in [4.69, 9.17) is 20.4 Å². The molecule has 0 aromatic carbocycles. The van der Waals surface area contributed by atoms with Crippen LogP contribution in [-0.2, 0) is 10.0 Å². The van der Waals surface area contributed by atoms with Gasteiger partial charge in [0.1, 0.15) is 11.6 Å². The van der Waals surface area contributed by atoms with Crippen LogP contribution in [0.1, 0.15) is 66.7 Å². The van der Waals surface area contributed by atoms with Crippen molar-refractivity contribution in [2.45, 2.75) is 65.5 Å². The quantitative estimate of drug-likeness (QED) is 0.397. The molecule has 4 heterocycles. The van der Waals surface area contributed by atoms with Crippen molar-refractivity contribution in [2.75, 3.05) is 23.8 Å². The number of nitrogens with one attached hydrogen (secondary N) is 1. The Morgan fingerprint density at radius 3 is 2.50 bits per heavy atom. The van der Waals surface area contributed by atoms with Gasteiger partial charge in [0.25, 0.3) is 15.9 Å². The molecule has 218 valence electrons. The predicted molar refractivity (Wildman–Crippen MR) is 160 cm³/mol. The molecule has 0 spiro atoms. The highest BCUT2D eigenvalue weighted by Crippen LogP contribution is 2.38. The number of carbonyl (C=O) groups excluding carboxylic acids is 1. The lowest BCUT2D eigenvalue weighted by Gasteiger charge is -2.34. The molecule has 1 atom stereocenters. The van der Waals surface area contributed by atoms with Crippen LogP contribution in [0.2, 0.25) is 0 Å². The van der Waals surface area contributed by atoms with E-state index in [-0.39, 0.29) is 30.2 Å². The van der Waals surface area contributed by atoms with E-state index in [1.54, 1.807) is 12.1 Å². The number of nitrogens with two attached hydrogens (primary N) is 1. The number of pyridine rings is 3. The zero-order valence-electron chi connectivity index (χ0n) is 24.1. The van der Waals surface area contributed by atoms with Crippen LogP contribution in [0.5, 0.6) is 5.88 Å². The van der Waals surface area contributed by atoms with Crippen molar-refractivity contribution in [3.8, 4) is 17.3 Å². The molecule has 1 saturated heterocycles. The lowest BCUT2D eigenvalue weighted by Crippen LogP contribution is -2.41. The van der Waals surface area contributed by atoms with E-state index < -0.39 is 15.9 Å². The van der Waals surface area contributed by atoms with Crippen molar-refractivity contribution in [3.05, 3.63) is 53.6 Å². The smallest absolute Gasteiger partial charge is 0.281 e. The first kappa shape index (κ1) is 29.3. The Morgan fingerprint density at radius 1 is 1.15 bits per heavy atom. The highest BCUT2D eigenvalue weighted by molar-refractivity contribution is 7.90. The Balaban J connectivity index is 0.00000308. The Hall–Kier alpha value is -3.73. The summed E-state index contributed by atoms with van der Waals surface area (Å²) >= 11 is 0. The van der Waals surface area contributed by atoms with Crippen LogP contribution in [-0.4, -0.2) is 48.0 Å². The Morgan fingerprint density at radius 2 is 1.88 bits per heavy atom. The first-order valence-electron chi connectivity index (χ1n) is 13.2. The van der Waals surface area contributed by atoms with E-state index in [9.17, 15) is 13.2 Å². The van der Waals surface area contributed by atoms with Crippen LogP contribution in [0.15, 0.2) is 47.5 Å². The SMILES string of the molecule is Cc1ccc(OCC(C)(C)C)nc1-c1ccc(C(=O)NS(=O)(=O)c2cccc(N)n2)c(N2CC(C)CC2(C)C)n1.[HH].[HH]. The third-order valence-corrected chi connectivity index (χ3v) is 7.90. The van der Waals surface area contributed by atoms with Gasteiger partial charge in [-0.25, -0.2) is 19.7 Å². The molecule has 3 aromatic heterocycles. The maximum Gasteiger partial charge on any atom is 0.281 e. The number of anilines is 2. The van der Waals surface area contributed by atoms with Crippen molar-refractivity contribution in [1.82, 2.24) is 19.7 Å². The zero-order chi connectivity index (χ0) is 29.5. The van der Waals surface area contributed by atoms with E-state index in [1.165, 1.54) is 18.2 Å². The third kappa shape index (κ3) is 6.52. The summed E-state index contributed by atoms with van der Waals surface area (Å²) in [7, 11) is -4.27. The zero-order valence-corrected chi connectivity index (χ0v) is 25.0. The fourth-order valence-electron chi connectivity index (χ4n) is 4.87. The maximum absolute atomic E-state index is 13.5. The average Bonchev–Trinajstić information content (AvgIpc) is 3.14. The lowest BCUT2D eigenvalue weighted by atomic mass is 9.97. The van der Waals surface area contributed by atoms with Crippen LogP contribution >= 0.6 is 0 Å². The van der Waals surface area contributed by atoms with Crippen LogP contribution in [0.4, 0.5) is 11.6 Å². The maximum atomic E-state index is 13.5. The van der Waals surface area contributed by atoms with Gasteiger partial charge in [-0.2, -0.15) is 8.42 Å². The van der Waals surface area contributed by atoms with Crippen LogP contribution in [0, 0.1) is 18.3 Å². The van der Waals surface area contributed by atoms with Gasteiger partial charge in [0.15, 0.2) is 5.03 Å². The standard InChI is InChI=1S/C29H38N6O4S.2H2/c1-18-15-29(6,7)35(16-18)26-20(27(36)34-40(37,38)24-10-8-9-22(30)32-24)12-13-21(31-26)25-19(2)11-14-23(33-25)39-17-28(3,4)5;;/h8-14,18H,15-17H2,1-7H3,(H2,30,32)(H,34,36);2*1H. The van der Waals surface area contributed by atoms with Gasteiger partial charge in [-0.05, 0) is 68.4 Å². The number of ether oxygens (including phenoxy) is 1. The van der Waals surface area contributed by atoms with E-state index in [1.807, 2.05) is 19.1 Å². The molecule has 1 aliphatic heterocycles. The number of rotatable bonds is 7. The Kier molecular flexibility index (Phi) is 7.81. The number of hydrogen-bond donors (Lipinski definition) is 2. The highest BCUT2D eigenvalue weighted by Gasteiger charge is 2.39. The van der Waals surface area contributed by atoms with Crippen LogP contribution in [0.3, 0.4) is 0 Å². The fraction of sp³-hybridized carbons (Fsp3) is 0.448. The molecule has 11 heteroatoms. The van der Waals surface area contributed by atoms with Gasteiger partial charge in [-0.1, -0.05) is 39.8 Å². The second-order valence-electron chi connectivity index (χ2n) is 12.3. The lowest BCUT2D eigenvalue weighted by molar-refractivity contribution is 0.0981. The number of hydrogen-bond acceptors (Lipinski definition) is 9. The molecule has 4 rings (SSSR count). The normalized spacial score (nSPS) is 17.1. The summed E-state index contributed by atoms with van der Waals surface area (Å²) in [5, 5.41) is -0.339. The molecule has 10 nitrogen and oxygen atoms in total. The summed E-state index contributed by atoms with van der Waals surface area (Å²) in [6.07, 6.45) is 0.888. The monoisotopic (exact) mass is 570 g/mol. The van der Waals surface area contributed by atoms with Gasteiger partial charge < -0.3 is 15.4 Å². The molecule has 1 unspecified atom stereocenters. The van der Waals surface area contributed by atoms with Crippen molar-refractivity contribution < 1.29 is 20.8 Å². The molecular weight excluding hydrogens is 528 g/mol. The fourth-order valence-corrected chi connectivity index (χ4v) is 5.82. The molecule has 1 amide bonds. The third-order valence-electron chi connectivity index (χ3n) is 6.66. The number of nitrogens with zero attached hydrogens (tertiary/aromatic N) is 4. The number of aromatic nitrogens is 3. The van der Waals surface area contributed by atoms with Gasteiger partial charge in [0, 0.05) is 21.0 Å². The van der Waals surface area contributed by atoms with E-state index >= 15 is 0 Å². The van der Waals surface area contributed by atoms with Crippen molar-refractivity contribution >= 4 is 27.6 Å². The number of aryl methyl sites for hydroxylation is 1. The molecule has 40 heavy (non-hydrogen) atoms. The predicted octanol–water partition coefficient (Wildman–Crippen LogP) is 5.09. The highest BCUT2D eigenvalue weighted by atomic mass is 32.2. The molecule has 0 bridgehead atoms. The second kappa shape index (κ2) is 10.7. The Bertz CT molecular complexity index is 1540. The summed E-state index contributed by atoms with van der Waals surface area (Å²) in [6.45, 7) is 15.7. The molecule has 0 saturated carbocycles. The summed E-state index contributed by atoms with van der Waals surface area (Å²) in [6, 6.07) is 11.2. The van der Waals surface area contributed by atoms with Gasteiger partial charge in [-0.15, -0.1) is 0 Å². The summed E-state index contributed by atoms with van der Waals surface area (Å²) in [5.74, 6) is 0.455. The molecule has 3 N–H and O–H groups in total. The van der Waals surface area contributed by atoms with Crippen LogP contribution in [0.25, 0.3) is 11.4 Å². The minimum atomic E-state index is -4.27. The van der Waals surface area contributed by atoms with E-state index in [0.29, 0.717) is 42.2 Å². The summed E-state index contributed by atoms with van der Waals surface area (Å²) in [4.78, 5) is 29.1. The molecule has 0 radical (unpaired) electrons. The number of sulfonamides is 1. The molecule has 1 fully saturated rings. The summed E-state index contributed by atoms with van der Waals surface area (Å²) < 4.78 is 34.0. The van der Waals surface area contributed by atoms with Gasteiger partial charge in [0.2, 0.25) is 5.88 Å². The molecule has 0 aliphatic carbocycles. The molecular formula is C29H42N6O4S. The van der Waals surface area contributed by atoms with E-state index in [2.05, 4.69) is 56.1 Å². The van der Waals surface area contributed by atoms with Gasteiger partial charge >= 0.3 is 0 Å². The number of nitrogen functional groups attached to an aromatic ring is 1. The van der Waals surface area contributed by atoms with Crippen molar-refractivity contribution in [2.24, 2.45) is 11.3 Å². The topological polar surface area (TPSA) is 140 Å². The van der Waals surface area contributed by atoms with Gasteiger partial charge in [-0.3, -0.25) is 4.79 Å². The van der Waals surface area contributed by atoms with Gasteiger partial charge in [0.05, 0.1) is 23.6 Å². The number of carbonyl (C=O) groups is 1. The van der Waals surface area contributed by atoms with Crippen molar-refractivity contribution in [1.29, 1.82) is 0 Å². The van der Waals surface area contributed by atoms with Crippen LogP contribution < -0.4 is 20.1 Å². The first-order chi connectivity index (χ1) is 18.6. The second-order valence-corrected chi connectivity index (χ2v) is 13.9. The minimum absolute atomic E-state index is 0. The molecule has 1 aliphatic rings. The molecule has 3 aromatic rings. The average molecular weight is 571 g/mol. The van der Waals surface area contributed by atoms with Crippen molar-refractivity contribution in [3.63, 3.8) is 0 Å². The largest absolute Gasteiger partial charge is 0.477 e. The van der Waals surface area contributed by atoms with E-state index in [0.717, 1.165) is 12.0 Å². The first-order valence-corrected chi connectivity index (χ1v) is 14.7.